The summed E-state index contributed by atoms with van der Waals surface area (Å²) >= 11 is 0. The summed E-state index contributed by atoms with van der Waals surface area (Å²) < 4.78 is 0. The molecule has 0 amide bonds. The topological polar surface area (TPSA) is 0 Å². The molecule has 0 unspecified atom stereocenters. The molecule has 0 aromatic heterocycles. The summed E-state index contributed by atoms with van der Waals surface area (Å²) in [5.74, 6) is 0. The third-order valence-corrected chi connectivity index (χ3v) is 2.28. The molecule has 0 aromatic rings. The van der Waals surface area contributed by atoms with Crippen LogP contribution in [0, 0.1) is 5.41 Å². The maximum atomic E-state index is 3.91. The number of rotatable bonds is 6. The summed E-state index contributed by atoms with van der Waals surface area (Å²) in [5, 5.41) is 0. The Morgan fingerprint density at radius 2 is 1.54 bits per heavy atom. The predicted molar refractivity (Wildman–Crippen MR) is 62.0 cm³/mol. The first kappa shape index (κ1) is 12.7. The molecule has 0 fully saturated rings. The van der Waals surface area contributed by atoms with Crippen LogP contribution in [0.2, 0.25) is 0 Å². The van der Waals surface area contributed by atoms with Gasteiger partial charge in [0, 0.05) is 0 Å². The highest BCUT2D eigenvalue weighted by Crippen LogP contribution is 2.22. The van der Waals surface area contributed by atoms with Crippen molar-refractivity contribution in [2.75, 3.05) is 0 Å². The lowest BCUT2D eigenvalue weighted by molar-refractivity contribution is 0.357. The van der Waals surface area contributed by atoms with E-state index < -0.39 is 0 Å². The Labute approximate surface area is 84.4 Å². The lowest BCUT2D eigenvalue weighted by Gasteiger charge is -2.17. The summed E-state index contributed by atoms with van der Waals surface area (Å²) in [6, 6.07) is 0. The first-order valence-corrected chi connectivity index (χ1v) is 5.56. The van der Waals surface area contributed by atoms with Crippen molar-refractivity contribution in [2.24, 2.45) is 5.41 Å². The zero-order valence-corrected chi connectivity index (χ0v) is 9.95. The molecule has 0 nitrogen and oxygen atoms in total. The van der Waals surface area contributed by atoms with Crippen LogP contribution in [0.1, 0.15) is 66.2 Å². The van der Waals surface area contributed by atoms with Crippen molar-refractivity contribution >= 4 is 0 Å². The van der Waals surface area contributed by atoms with E-state index in [1.54, 1.807) is 0 Å². The second-order valence-corrected chi connectivity index (χ2v) is 5.43. The van der Waals surface area contributed by atoms with Crippen LogP contribution in [0.5, 0.6) is 0 Å². The van der Waals surface area contributed by atoms with Gasteiger partial charge in [0.2, 0.25) is 0 Å². The van der Waals surface area contributed by atoms with Gasteiger partial charge in [-0.3, -0.25) is 0 Å². The van der Waals surface area contributed by atoms with E-state index in [4.69, 9.17) is 0 Å². The van der Waals surface area contributed by atoms with Crippen molar-refractivity contribution in [1.29, 1.82) is 0 Å². The monoisotopic (exact) mass is 182 g/mol. The molecule has 0 radical (unpaired) electrons. The highest BCUT2D eigenvalue weighted by Gasteiger charge is 2.08. The lowest BCUT2D eigenvalue weighted by atomic mass is 9.89. The van der Waals surface area contributed by atoms with Crippen molar-refractivity contribution in [3.63, 3.8) is 0 Å². The van der Waals surface area contributed by atoms with Crippen LogP contribution in [0.3, 0.4) is 0 Å². The summed E-state index contributed by atoms with van der Waals surface area (Å²) in [4.78, 5) is 0. The Kier molecular flexibility index (Phi) is 6.11. The van der Waals surface area contributed by atoms with Gasteiger partial charge in [-0.25, -0.2) is 0 Å². The number of unbranched alkanes of at least 4 members (excludes halogenated alkanes) is 3. The first-order valence-electron chi connectivity index (χ1n) is 5.56. The van der Waals surface area contributed by atoms with E-state index >= 15 is 0 Å². The molecular weight excluding hydrogens is 156 g/mol. The molecule has 0 saturated heterocycles. The van der Waals surface area contributed by atoms with E-state index in [2.05, 4.69) is 34.3 Å². The molecule has 0 aliphatic carbocycles. The summed E-state index contributed by atoms with van der Waals surface area (Å²) in [6.07, 6.45) is 8.07. The Hall–Kier alpha value is -0.260. The molecule has 0 N–H and O–H groups in total. The molecule has 0 spiro atoms. The van der Waals surface area contributed by atoms with Crippen LogP contribution >= 0.6 is 0 Å². The van der Waals surface area contributed by atoms with E-state index in [9.17, 15) is 0 Å². The number of hydrogen-bond acceptors (Lipinski definition) is 0. The van der Waals surface area contributed by atoms with Gasteiger partial charge in [-0.1, -0.05) is 45.6 Å². The molecule has 0 aliphatic rings. The van der Waals surface area contributed by atoms with Gasteiger partial charge in [0.1, 0.15) is 0 Å². The molecule has 78 valence electrons. The molecule has 0 heterocycles. The minimum Gasteiger partial charge on any atom is -0.100 e. The molecule has 0 heteroatoms. The van der Waals surface area contributed by atoms with Crippen LogP contribution in [-0.2, 0) is 0 Å². The average molecular weight is 182 g/mol. The van der Waals surface area contributed by atoms with E-state index in [1.807, 2.05) is 0 Å². The molecule has 0 atom stereocenters. The summed E-state index contributed by atoms with van der Waals surface area (Å²) in [6.45, 7) is 13.0. The third-order valence-electron chi connectivity index (χ3n) is 2.28. The fourth-order valence-electron chi connectivity index (χ4n) is 1.44. The fraction of sp³-hybridized carbons (Fsp3) is 0.846. The summed E-state index contributed by atoms with van der Waals surface area (Å²) in [5.41, 5.74) is 1.85. The fourth-order valence-corrected chi connectivity index (χ4v) is 1.44. The molecule has 0 aliphatic heterocycles. The van der Waals surface area contributed by atoms with Gasteiger partial charge in [-0.05, 0) is 31.6 Å². The minimum absolute atomic E-state index is 0.522. The predicted octanol–water partition coefficient (Wildman–Crippen LogP) is 4.95. The van der Waals surface area contributed by atoms with Crippen molar-refractivity contribution in [1.82, 2.24) is 0 Å². The van der Waals surface area contributed by atoms with Crippen molar-refractivity contribution < 1.29 is 0 Å². The summed E-state index contributed by atoms with van der Waals surface area (Å²) in [7, 11) is 0. The maximum absolute atomic E-state index is 3.91. The third kappa shape index (κ3) is 11.7. The molecule has 13 heavy (non-hydrogen) atoms. The standard InChI is InChI=1S/C13H26/c1-12(2)10-8-6-7-9-11-13(3,4)5/h1,6-11H2,2-5H3. The highest BCUT2D eigenvalue weighted by atomic mass is 14.1. The number of allylic oxidation sites excluding steroid dienone is 1. The van der Waals surface area contributed by atoms with Crippen LogP contribution in [0.4, 0.5) is 0 Å². The zero-order chi connectivity index (χ0) is 10.3. The molecule has 0 rings (SSSR count). The van der Waals surface area contributed by atoms with Crippen LogP contribution in [0.15, 0.2) is 12.2 Å². The number of hydrogen-bond donors (Lipinski definition) is 0. The van der Waals surface area contributed by atoms with E-state index in [0.717, 1.165) is 0 Å². The van der Waals surface area contributed by atoms with Gasteiger partial charge in [-0.2, -0.15) is 0 Å². The minimum atomic E-state index is 0.522. The second kappa shape index (κ2) is 6.23. The van der Waals surface area contributed by atoms with Crippen molar-refractivity contribution in [2.45, 2.75) is 66.2 Å². The normalized spacial score (nSPS) is 11.7. The van der Waals surface area contributed by atoms with E-state index in [0.29, 0.717) is 5.41 Å². The van der Waals surface area contributed by atoms with Crippen LogP contribution in [0.25, 0.3) is 0 Å². The van der Waals surface area contributed by atoms with Gasteiger partial charge in [-0.15, -0.1) is 6.58 Å². The van der Waals surface area contributed by atoms with E-state index in [1.165, 1.54) is 44.1 Å². The average Bonchev–Trinajstić information content (AvgIpc) is 1.93. The van der Waals surface area contributed by atoms with Crippen LogP contribution in [-0.4, -0.2) is 0 Å². The molecular formula is C13H26. The SMILES string of the molecule is C=C(C)CCCCCCC(C)(C)C. The van der Waals surface area contributed by atoms with E-state index in [-0.39, 0.29) is 0 Å². The Morgan fingerprint density at radius 3 is 2.00 bits per heavy atom. The van der Waals surface area contributed by atoms with Gasteiger partial charge in [0.25, 0.3) is 0 Å². The largest absolute Gasteiger partial charge is 0.100 e. The molecule has 0 aromatic carbocycles. The van der Waals surface area contributed by atoms with Crippen molar-refractivity contribution in [3.8, 4) is 0 Å². The first-order chi connectivity index (χ1) is 5.92. The van der Waals surface area contributed by atoms with Gasteiger partial charge in [0.05, 0.1) is 0 Å². The Morgan fingerprint density at radius 1 is 1.00 bits per heavy atom. The van der Waals surface area contributed by atoms with Crippen molar-refractivity contribution in [3.05, 3.63) is 12.2 Å². The van der Waals surface area contributed by atoms with Gasteiger partial charge >= 0.3 is 0 Å². The smallest absolute Gasteiger partial charge is 0.0326 e. The second-order valence-electron chi connectivity index (χ2n) is 5.43. The zero-order valence-electron chi connectivity index (χ0n) is 9.95. The Bertz CT molecular complexity index is 137. The van der Waals surface area contributed by atoms with Gasteiger partial charge in [0.15, 0.2) is 0 Å². The molecule has 0 bridgehead atoms. The lowest BCUT2D eigenvalue weighted by Crippen LogP contribution is -2.03. The Balaban J connectivity index is 3.13. The maximum Gasteiger partial charge on any atom is -0.0326 e. The highest BCUT2D eigenvalue weighted by molar-refractivity contribution is 4.86. The van der Waals surface area contributed by atoms with Crippen LogP contribution < -0.4 is 0 Å². The molecule has 0 saturated carbocycles. The van der Waals surface area contributed by atoms with Gasteiger partial charge < -0.3 is 0 Å². The quantitative estimate of drug-likeness (QED) is 0.403.